The van der Waals surface area contributed by atoms with Crippen LogP contribution in [-0.2, 0) is 10.0 Å². The van der Waals surface area contributed by atoms with Gasteiger partial charge in [0.1, 0.15) is 4.90 Å². The summed E-state index contributed by atoms with van der Waals surface area (Å²) < 4.78 is 28.1. The molecule has 21 heavy (non-hydrogen) atoms. The average Bonchev–Trinajstić information content (AvgIpc) is 2.45. The molecule has 0 aliphatic carbocycles. The molecule has 4 nitrogen and oxygen atoms in total. The molecule has 0 amide bonds. The molecule has 1 aromatic rings. The zero-order chi connectivity index (χ0) is 15.5. The van der Waals surface area contributed by atoms with Gasteiger partial charge in [-0.25, -0.2) is 13.1 Å². The molecule has 1 N–H and O–H groups in total. The van der Waals surface area contributed by atoms with Crippen molar-refractivity contribution in [3.63, 3.8) is 0 Å². The molecule has 2 rings (SSSR count). The number of benzene rings is 1. The standard InChI is InChI=1S/C14H20BrClN2O2S/c1-11(18-7-3-2-4-8-18)10-17-21(19,20)14-6-5-12(15)9-13(14)16/h5-6,9,11,17H,2-4,7-8,10H2,1H3. The Hall–Kier alpha value is -0.140. The molecule has 0 saturated carbocycles. The summed E-state index contributed by atoms with van der Waals surface area (Å²) >= 11 is 9.29. The first-order valence-electron chi connectivity index (χ1n) is 7.09. The van der Waals surface area contributed by atoms with Gasteiger partial charge < -0.3 is 0 Å². The fourth-order valence-electron chi connectivity index (χ4n) is 2.49. The number of likely N-dealkylation sites (tertiary alicyclic amines) is 1. The molecule has 1 atom stereocenters. The van der Waals surface area contributed by atoms with Crippen molar-refractivity contribution >= 4 is 37.6 Å². The molecular weight excluding hydrogens is 376 g/mol. The third-order valence-electron chi connectivity index (χ3n) is 3.77. The van der Waals surface area contributed by atoms with Crippen LogP contribution < -0.4 is 4.72 Å². The van der Waals surface area contributed by atoms with E-state index in [1.54, 1.807) is 12.1 Å². The molecule has 118 valence electrons. The number of nitrogens with one attached hydrogen (secondary N) is 1. The second-order valence-corrected chi connectivity index (χ2v) is 8.43. The van der Waals surface area contributed by atoms with E-state index < -0.39 is 10.0 Å². The topological polar surface area (TPSA) is 49.4 Å². The van der Waals surface area contributed by atoms with Gasteiger partial charge in [-0.15, -0.1) is 0 Å². The molecular formula is C14H20BrClN2O2S. The fourth-order valence-corrected chi connectivity index (χ4v) is 4.65. The fraction of sp³-hybridized carbons (Fsp3) is 0.571. The van der Waals surface area contributed by atoms with Crippen LogP contribution in [0.15, 0.2) is 27.6 Å². The largest absolute Gasteiger partial charge is 0.299 e. The number of hydrogen-bond donors (Lipinski definition) is 1. The summed E-state index contributed by atoms with van der Waals surface area (Å²) in [6.45, 7) is 4.54. The second kappa shape index (κ2) is 7.42. The second-order valence-electron chi connectivity index (χ2n) is 5.37. The first kappa shape index (κ1) is 17.2. The van der Waals surface area contributed by atoms with Gasteiger partial charge in [-0.1, -0.05) is 34.0 Å². The lowest BCUT2D eigenvalue weighted by atomic mass is 10.1. The minimum Gasteiger partial charge on any atom is -0.299 e. The average molecular weight is 396 g/mol. The molecule has 1 aromatic carbocycles. The SMILES string of the molecule is CC(CNS(=O)(=O)c1ccc(Br)cc1Cl)N1CCCCC1. The number of sulfonamides is 1. The Morgan fingerprint density at radius 2 is 2.00 bits per heavy atom. The van der Waals surface area contributed by atoms with Gasteiger partial charge in [0.2, 0.25) is 10.0 Å². The molecule has 1 aliphatic rings. The lowest BCUT2D eigenvalue weighted by Gasteiger charge is -2.32. The van der Waals surface area contributed by atoms with Crippen molar-refractivity contribution in [2.75, 3.05) is 19.6 Å². The van der Waals surface area contributed by atoms with Crippen LogP contribution in [0.2, 0.25) is 5.02 Å². The highest BCUT2D eigenvalue weighted by molar-refractivity contribution is 9.10. The van der Waals surface area contributed by atoms with Crippen LogP contribution in [0.3, 0.4) is 0 Å². The summed E-state index contributed by atoms with van der Waals surface area (Å²) in [5.74, 6) is 0. The predicted octanol–water partition coefficient (Wildman–Crippen LogP) is 3.26. The third kappa shape index (κ3) is 4.66. The van der Waals surface area contributed by atoms with Gasteiger partial charge in [-0.05, 0) is 51.1 Å². The van der Waals surface area contributed by atoms with Crippen LogP contribution in [-0.4, -0.2) is 39.0 Å². The Kier molecular flexibility index (Phi) is 6.08. The summed E-state index contributed by atoms with van der Waals surface area (Å²) in [5.41, 5.74) is 0. The Balaban J connectivity index is 2.00. The third-order valence-corrected chi connectivity index (χ3v) is 6.17. The van der Waals surface area contributed by atoms with Crippen LogP contribution in [0.4, 0.5) is 0 Å². The van der Waals surface area contributed by atoms with E-state index in [1.807, 2.05) is 0 Å². The summed E-state index contributed by atoms with van der Waals surface area (Å²) in [5, 5.41) is 0.225. The Morgan fingerprint density at radius 1 is 1.33 bits per heavy atom. The van der Waals surface area contributed by atoms with E-state index in [4.69, 9.17) is 11.6 Å². The van der Waals surface area contributed by atoms with E-state index in [1.165, 1.54) is 25.3 Å². The quantitative estimate of drug-likeness (QED) is 0.832. The minimum atomic E-state index is -3.57. The highest BCUT2D eigenvalue weighted by Gasteiger charge is 2.21. The van der Waals surface area contributed by atoms with E-state index in [0.29, 0.717) is 6.54 Å². The Labute approximate surface area is 140 Å². The van der Waals surface area contributed by atoms with E-state index in [9.17, 15) is 8.42 Å². The van der Waals surface area contributed by atoms with Crippen molar-refractivity contribution in [2.45, 2.75) is 37.1 Å². The smallest absolute Gasteiger partial charge is 0.242 e. The van der Waals surface area contributed by atoms with E-state index in [2.05, 4.69) is 32.5 Å². The van der Waals surface area contributed by atoms with Crippen LogP contribution in [0.1, 0.15) is 26.2 Å². The number of halogens is 2. The lowest BCUT2D eigenvalue weighted by Crippen LogP contribution is -2.44. The van der Waals surface area contributed by atoms with Crippen molar-refractivity contribution in [1.82, 2.24) is 9.62 Å². The van der Waals surface area contributed by atoms with Gasteiger partial charge in [0, 0.05) is 17.1 Å². The zero-order valence-corrected chi connectivity index (χ0v) is 15.1. The van der Waals surface area contributed by atoms with Gasteiger partial charge in [0.25, 0.3) is 0 Å². The Morgan fingerprint density at radius 3 is 2.62 bits per heavy atom. The maximum absolute atomic E-state index is 12.3. The summed E-state index contributed by atoms with van der Waals surface area (Å²) in [6.07, 6.45) is 3.65. The van der Waals surface area contributed by atoms with Gasteiger partial charge >= 0.3 is 0 Å². The van der Waals surface area contributed by atoms with Crippen molar-refractivity contribution in [3.05, 3.63) is 27.7 Å². The number of piperidine rings is 1. The minimum absolute atomic E-state index is 0.123. The highest BCUT2D eigenvalue weighted by atomic mass is 79.9. The predicted molar refractivity (Wildman–Crippen MR) is 89.2 cm³/mol. The molecule has 0 bridgehead atoms. The first-order valence-corrected chi connectivity index (χ1v) is 9.74. The molecule has 0 aromatic heterocycles. The van der Waals surface area contributed by atoms with E-state index in [0.717, 1.165) is 17.6 Å². The maximum atomic E-state index is 12.3. The number of nitrogens with zero attached hydrogens (tertiary/aromatic N) is 1. The van der Waals surface area contributed by atoms with Crippen LogP contribution in [0.5, 0.6) is 0 Å². The molecule has 1 heterocycles. The van der Waals surface area contributed by atoms with Crippen molar-refractivity contribution in [3.8, 4) is 0 Å². The van der Waals surface area contributed by atoms with E-state index in [-0.39, 0.29) is 16.0 Å². The molecule has 1 saturated heterocycles. The van der Waals surface area contributed by atoms with E-state index >= 15 is 0 Å². The molecule has 0 spiro atoms. The van der Waals surface area contributed by atoms with Crippen LogP contribution in [0, 0.1) is 0 Å². The van der Waals surface area contributed by atoms with Gasteiger partial charge in [0.05, 0.1) is 5.02 Å². The molecule has 1 fully saturated rings. The normalized spacial score (nSPS) is 18.6. The Bertz CT molecular complexity index is 589. The summed E-state index contributed by atoms with van der Waals surface area (Å²) in [7, 11) is -3.57. The van der Waals surface area contributed by atoms with Crippen molar-refractivity contribution in [2.24, 2.45) is 0 Å². The zero-order valence-electron chi connectivity index (χ0n) is 12.0. The van der Waals surface area contributed by atoms with Gasteiger partial charge in [-0.3, -0.25) is 4.90 Å². The van der Waals surface area contributed by atoms with Crippen LogP contribution >= 0.6 is 27.5 Å². The molecule has 1 aliphatic heterocycles. The number of hydrogen-bond acceptors (Lipinski definition) is 3. The van der Waals surface area contributed by atoms with Gasteiger partial charge in [0.15, 0.2) is 0 Å². The maximum Gasteiger partial charge on any atom is 0.242 e. The first-order chi connectivity index (χ1) is 9.90. The summed E-state index contributed by atoms with van der Waals surface area (Å²) in [6, 6.07) is 4.97. The molecule has 7 heteroatoms. The van der Waals surface area contributed by atoms with Crippen molar-refractivity contribution in [1.29, 1.82) is 0 Å². The van der Waals surface area contributed by atoms with Crippen LogP contribution in [0.25, 0.3) is 0 Å². The highest BCUT2D eigenvalue weighted by Crippen LogP contribution is 2.25. The molecule has 1 unspecified atom stereocenters. The van der Waals surface area contributed by atoms with Crippen molar-refractivity contribution < 1.29 is 8.42 Å². The van der Waals surface area contributed by atoms with Gasteiger partial charge in [-0.2, -0.15) is 0 Å². The number of rotatable bonds is 5. The molecule has 0 radical (unpaired) electrons. The monoisotopic (exact) mass is 394 g/mol. The summed E-state index contributed by atoms with van der Waals surface area (Å²) in [4.78, 5) is 2.45. The lowest BCUT2D eigenvalue weighted by molar-refractivity contribution is 0.175.